The Kier molecular flexibility index (Phi) is 13.4. The van der Waals surface area contributed by atoms with Crippen molar-refractivity contribution in [2.75, 3.05) is 0 Å². The Balaban J connectivity index is 5.61. The van der Waals surface area contributed by atoms with E-state index in [2.05, 4.69) is 16.0 Å². The highest BCUT2D eigenvalue weighted by molar-refractivity contribution is 5.96. The summed E-state index contributed by atoms with van der Waals surface area (Å²) in [5.74, 6) is -5.91. The summed E-state index contributed by atoms with van der Waals surface area (Å²) >= 11 is 0. The lowest BCUT2D eigenvalue weighted by atomic mass is 9.96. The maximum absolute atomic E-state index is 12.9. The summed E-state index contributed by atoms with van der Waals surface area (Å²) in [4.78, 5) is 72.1. The fourth-order valence-corrected chi connectivity index (χ4v) is 2.95. The Bertz CT molecular complexity index is 760. The predicted molar refractivity (Wildman–Crippen MR) is 123 cm³/mol. The number of nitrogens with one attached hydrogen (secondary N) is 3. The number of aliphatic carboxylic acids is 1. The summed E-state index contributed by atoms with van der Waals surface area (Å²) in [6.45, 7) is 7.01. The van der Waals surface area contributed by atoms with Gasteiger partial charge in [0.2, 0.25) is 29.5 Å². The number of hydrogen-bond donors (Lipinski definition) is 7. The van der Waals surface area contributed by atoms with Crippen LogP contribution in [0.2, 0.25) is 0 Å². The number of amides is 5. The smallest absolute Gasteiger partial charge is 0.326 e. The molecule has 6 atom stereocenters. The third kappa shape index (κ3) is 10.6. The maximum Gasteiger partial charge on any atom is 0.326 e. The van der Waals surface area contributed by atoms with Crippen LogP contribution in [-0.4, -0.2) is 64.8 Å². The first kappa shape index (κ1) is 30.8. The summed E-state index contributed by atoms with van der Waals surface area (Å²) < 4.78 is 0. The predicted octanol–water partition coefficient (Wildman–Crippen LogP) is -1.91. The van der Waals surface area contributed by atoms with E-state index in [0.717, 1.165) is 0 Å². The van der Waals surface area contributed by atoms with Crippen molar-refractivity contribution in [1.29, 1.82) is 0 Å². The third-order valence-corrected chi connectivity index (χ3v) is 5.69. The fourth-order valence-electron chi connectivity index (χ4n) is 2.95. The quantitative estimate of drug-likeness (QED) is 0.129. The lowest BCUT2D eigenvalue weighted by molar-refractivity contribution is -0.143. The van der Waals surface area contributed by atoms with Gasteiger partial charge in [0.25, 0.3) is 0 Å². The van der Waals surface area contributed by atoms with Gasteiger partial charge in [-0.15, -0.1) is 0 Å². The molecule has 0 heterocycles. The zero-order chi connectivity index (χ0) is 26.6. The van der Waals surface area contributed by atoms with E-state index < -0.39 is 72.0 Å². The van der Waals surface area contributed by atoms with Crippen LogP contribution in [0.15, 0.2) is 0 Å². The Hall–Kier alpha value is -3.22. The van der Waals surface area contributed by atoms with Gasteiger partial charge in [-0.3, -0.25) is 24.0 Å². The molecule has 5 amide bonds. The molecule has 194 valence electrons. The van der Waals surface area contributed by atoms with E-state index in [1.807, 2.05) is 6.92 Å². The molecule has 13 heteroatoms. The number of rotatable bonds is 16. The van der Waals surface area contributed by atoms with Crippen molar-refractivity contribution in [3.63, 3.8) is 0 Å². The van der Waals surface area contributed by atoms with Crippen LogP contribution in [0.5, 0.6) is 0 Å². The molecule has 13 nitrogen and oxygen atoms in total. The summed E-state index contributed by atoms with van der Waals surface area (Å²) in [5, 5.41) is 16.5. The Morgan fingerprint density at radius 3 is 1.74 bits per heavy atom. The average molecular weight is 487 g/mol. The SMILES string of the molecule is CCC(C)C(N)C(=O)NC(CC(N)=O)C(=O)NC(C(=O)NC(CCC(N)=O)C(=O)O)C(C)CC. The molecule has 0 aromatic carbocycles. The average Bonchev–Trinajstić information content (AvgIpc) is 2.76. The number of hydrogen-bond acceptors (Lipinski definition) is 7. The van der Waals surface area contributed by atoms with Crippen molar-refractivity contribution >= 4 is 35.5 Å². The van der Waals surface area contributed by atoms with E-state index in [0.29, 0.717) is 12.8 Å². The van der Waals surface area contributed by atoms with Gasteiger partial charge >= 0.3 is 5.97 Å². The second-order valence-electron chi connectivity index (χ2n) is 8.42. The number of carbonyl (C=O) groups excluding carboxylic acids is 5. The first-order valence-electron chi connectivity index (χ1n) is 11.2. The van der Waals surface area contributed by atoms with Crippen molar-refractivity contribution in [1.82, 2.24) is 16.0 Å². The lowest BCUT2D eigenvalue weighted by Gasteiger charge is -2.28. The zero-order valence-electron chi connectivity index (χ0n) is 20.1. The largest absolute Gasteiger partial charge is 0.480 e. The van der Waals surface area contributed by atoms with Gasteiger partial charge in [-0.25, -0.2) is 4.79 Å². The standard InChI is InChI=1S/C21H38N6O7/c1-5-10(3)16(24)19(31)26-13(9-15(23)29)18(30)27-17(11(4)6-2)20(32)25-12(21(33)34)7-8-14(22)28/h10-13,16-17H,5-9,24H2,1-4H3,(H2,22,28)(H2,23,29)(H,25,32)(H,26,31)(H,27,30)(H,33,34). The maximum atomic E-state index is 12.9. The van der Waals surface area contributed by atoms with E-state index in [1.165, 1.54) is 0 Å². The molecule has 10 N–H and O–H groups in total. The van der Waals surface area contributed by atoms with Gasteiger partial charge in [0.05, 0.1) is 12.5 Å². The van der Waals surface area contributed by atoms with Gasteiger partial charge in [0.15, 0.2) is 0 Å². The molecule has 0 aliphatic rings. The van der Waals surface area contributed by atoms with Crippen molar-refractivity contribution in [3.05, 3.63) is 0 Å². The van der Waals surface area contributed by atoms with Crippen molar-refractivity contribution in [2.24, 2.45) is 29.0 Å². The van der Waals surface area contributed by atoms with Crippen LogP contribution in [0.4, 0.5) is 0 Å². The summed E-state index contributed by atoms with van der Waals surface area (Å²) in [5.41, 5.74) is 16.2. The van der Waals surface area contributed by atoms with Crippen LogP contribution in [0.1, 0.15) is 59.8 Å². The minimum Gasteiger partial charge on any atom is -0.480 e. The van der Waals surface area contributed by atoms with Gasteiger partial charge in [0, 0.05) is 6.42 Å². The molecular weight excluding hydrogens is 448 g/mol. The van der Waals surface area contributed by atoms with E-state index >= 15 is 0 Å². The van der Waals surface area contributed by atoms with E-state index in [-0.39, 0.29) is 18.8 Å². The number of carbonyl (C=O) groups is 6. The number of primary amides is 2. The van der Waals surface area contributed by atoms with Gasteiger partial charge in [-0.05, 0) is 18.3 Å². The molecule has 0 saturated heterocycles. The highest BCUT2D eigenvalue weighted by Gasteiger charge is 2.33. The van der Waals surface area contributed by atoms with Gasteiger partial charge < -0.3 is 38.3 Å². The highest BCUT2D eigenvalue weighted by Crippen LogP contribution is 2.11. The molecule has 0 radical (unpaired) electrons. The van der Waals surface area contributed by atoms with Crippen LogP contribution in [-0.2, 0) is 28.8 Å². The molecule has 0 aromatic heterocycles. The Morgan fingerprint density at radius 2 is 1.29 bits per heavy atom. The zero-order valence-corrected chi connectivity index (χ0v) is 20.1. The first-order chi connectivity index (χ1) is 15.7. The van der Waals surface area contributed by atoms with Crippen LogP contribution in [0.3, 0.4) is 0 Å². The van der Waals surface area contributed by atoms with Crippen LogP contribution < -0.4 is 33.2 Å². The number of nitrogens with two attached hydrogens (primary N) is 3. The van der Waals surface area contributed by atoms with Crippen LogP contribution >= 0.6 is 0 Å². The molecule has 0 aromatic rings. The molecule has 34 heavy (non-hydrogen) atoms. The molecule has 0 bridgehead atoms. The van der Waals surface area contributed by atoms with Crippen molar-refractivity contribution < 1.29 is 33.9 Å². The fraction of sp³-hybridized carbons (Fsp3) is 0.714. The topological polar surface area (TPSA) is 237 Å². The molecule has 0 saturated carbocycles. The van der Waals surface area contributed by atoms with E-state index in [4.69, 9.17) is 17.2 Å². The molecule has 0 fully saturated rings. The molecule has 0 rings (SSSR count). The van der Waals surface area contributed by atoms with E-state index in [1.54, 1.807) is 20.8 Å². The minimum atomic E-state index is -1.40. The van der Waals surface area contributed by atoms with Crippen LogP contribution in [0, 0.1) is 11.8 Å². The second kappa shape index (κ2) is 14.8. The normalized spacial score (nSPS) is 16.1. The van der Waals surface area contributed by atoms with Crippen LogP contribution in [0.25, 0.3) is 0 Å². The molecule has 6 unspecified atom stereocenters. The van der Waals surface area contributed by atoms with E-state index in [9.17, 15) is 33.9 Å². The van der Waals surface area contributed by atoms with Crippen molar-refractivity contribution in [2.45, 2.75) is 84.0 Å². The molecule has 0 aliphatic carbocycles. The van der Waals surface area contributed by atoms with Gasteiger partial charge in [-0.1, -0.05) is 40.5 Å². The number of carboxylic acids is 1. The molecule has 0 spiro atoms. The summed E-state index contributed by atoms with van der Waals surface area (Å²) in [6.07, 6.45) is 0.0172. The lowest BCUT2D eigenvalue weighted by Crippen LogP contribution is -2.59. The summed E-state index contributed by atoms with van der Waals surface area (Å²) in [6, 6.07) is -4.91. The Morgan fingerprint density at radius 1 is 0.765 bits per heavy atom. The molecular formula is C21H38N6O7. The first-order valence-corrected chi connectivity index (χ1v) is 11.2. The van der Waals surface area contributed by atoms with Gasteiger partial charge in [0.1, 0.15) is 18.1 Å². The highest BCUT2D eigenvalue weighted by atomic mass is 16.4. The summed E-state index contributed by atoms with van der Waals surface area (Å²) in [7, 11) is 0. The monoisotopic (exact) mass is 486 g/mol. The van der Waals surface area contributed by atoms with Crippen molar-refractivity contribution in [3.8, 4) is 0 Å². The third-order valence-electron chi connectivity index (χ3n) is 5.69. The minimum absolute atomic E-state index is 0.190. The molecule has 0 aliphatic heterocycles. The van der Waals surface area contributed by atoms with Gasteiger partial charge in [-0.2, -0.15) is 0 Å². The second-order valence-corrected chi connectivity index (χ2v) is 8.42. The Labute approximate surface area is 198 Å². The number of carboxylic acid groups (broad SMARTS) is 1.